The van der Waals surface area contributed by atoms with Crippen LogP contribution >= 0.6 is 0 Å². The Balaban J connectivity index is 2.12. The van der Waals surface area contributed by atoms with E-state index in [1.54, 1.807) is 11.9 Å². The van der Waals surface area contributed by atoms with Gasteiger partial charge in [-0.1, -0.05) is 11.6 Å². The molecule has 66 valence electrons. The van der Waals surface area contributed by atoms with Gasteiger partial charge in [-0.3, -0.25) is 0 Å². The minimum atomic E-state index is 0.631. The first kappa shape index (κ1) is 7.25. The number of rotatable bonds is 0. The molecular formula is C11H12N2. The molecule has 13 heavy (non-hydrogen) atoms. The highest BCUT2D eigenvalue weighted by Gasteiger charge is 2.28. The number of allylic oxidation sites excluding steroid dienone is 2. The van der Waals surface area contributed by atoms with Crippen molar-refractivity contribution in [1.29, 1.82) is 0 Å². The average Bonchev–Trinajstić information content (AvgIpc) is 2.65. The summed E-state index contributed by atoms with van der Waals surface area (Å²) >= 11 is 0. The van der Waals surface area contributed by atoms with Crippen molar-refractivity contribution in [2.24, 2.45) is 0 Å². The summed E-state index contributed by atoms with van der Waals surface area (Å²) in [6.45, 7) is 0. The first-order valence-corrected chi connectivity index (χ1v) is 4.93. The summed E-state index contributed by atoms with van der Waals surface area (Å²) < 4.78 is 0. The Labute approximate surface area is 77.7 Å². The molecule has 1 unspecified atom stereocenters. The molecule has 1 atom stereocenters. The molecule has 0 radical (unpaired) electrons. The molecule has 0 spiro atoms. The molecule has 2 nitrogen and oxygen atoms in total. The monoisotopic (exact) mass is 172 g/mol. The molecule has 0 amide bonds. The van der Waals surface area contributed by atoms with Gasteiger partial charge in [0.15, 0.2) is 0 Å². The number of nitrogens with zero attached hydrogens (tertiary/aromatic N) is 2. The number of hydrogen-bond acceptors (Lipinski definition) is 2. The summed E-state index contributed by atoms with van der Waals surface area (Å²) in [6, 6.07) is 0. The van der Waals surface area contributed by atoms with E-state index in [0.29, 0.717) is 5.92 Å². The zero-order chi connectivity index (χ0) is 8.67. The second-order valence-corrected chi connectivity index (χ2v) is 3.86. The van der Waals surface area contributed by atoms with E-state index in [1.807, 2.05) is 6.20 Å². The van der Waals surface area contributed by atoms with Crippen molar-refractivity contribution in [3.8, 4) is 0 Å². The highest BCUT2D eigenvalue weighted by molar-refractivity contribution is 5.37. The van der Waals surface area contributed by atoms with E-state index in [2.05, 4.69) is 16.0 Å². The standard InChI is InChI=1S/C11H12N2/c1-2-8-4-5-9-6-12-7-13-11(9)10(8)3-1/h4,6-7,10H,1-3,5H2. The largest absolute Gasteiger partial charge is 0.245 e. The smallest absolute Gasteiger partial charge is 0.115 e. The second kappa shape index (κ2) is 2.66. The molecule has 3 rings (SSSR count). The summed E-state index contributed by atoms with van der Waals surface area (Å²) in [7, 11) is 0. The SMILES string of the molecule is C1=C2CCCC2c2ncncc2C1. The topological polar surface area (TPSA) is 25.8 Å². The van der Waals surface area contributed by atoms with Crippen LogP contribution in [0.1, 0.15) is 36.4 Å². The van der Waals surface area contributed by atoms with Crippen LogP contribution in [0.3, 0.4) is 0 Å². The van der Waals surface area contributed by atoms with Crippen LogP contribution in [0.15, 0.2) is 24.2 Å². The summed E-state index contributed by atoms with van der Waals surface area (Å²) in [4.78, 5) is 8.48. The van der Waals surface area contributed by atoms with Crippen molar-refractivity contribution in [3.05, 3.63) is 35.4 Å². The normalized spacial score (nSPS) is 24.9. The average molecular weight is 172 g/mol. The fourth-order valence-corrected chi connectivity index (χ4v) is 2.51. The zero-order valence-electron chi connectivity index (χ0n) is 7.53. The van der Waals surface area contributed by atoms with Gasteiger partial charge in [0.25, 0.3) is 0 Å². The van der Waals surface area contributed by atoms with Crippen LogP contribution in [0.25, 0.3) is 0 Å². The number of fused-ring (bicyclic) bond motifs is 3. The fraction of sp³-hybridized carbons (Fsp3) is 0.455. The molecule has 0 aromatic carbocycles. The molecule has 2 heteroatoms. The van der Waals surface area contributed by atoms with Gasteiger partial charge in [0.2, 0.25) is 0 Å². The van der Waals surface area contributed by atoms with Crippen molar-refractivity contribution in [1.82, 2.24) is 9.97 Å². The lowest BCUT2D eigenvalue weighted by molar-refractivity contribution is 0.737. The molecule has 0 saturated heterocycles. The van der Waals surface area contributed by atoms with E-state index in [4.69, 9.17) is 0 Å². The summed E-state index contributed by atoms with van der Waals surface area (Å²) in [5.41, 5.74) is 4.24. The van der Waals surface area contributed by atoms with Gasteiger partial charge in [0.1, 0.15) is 6.33 Å². The predicted octanol–water partition coefficient (Wildman–Crippen LogP) is 2.23. The summed E-state index contributed by atoms with van der Waals surface area (Å²) in [5, 5.41) is 0. The van der Waals surface area contributed by atoms with E-state index in [-0.39, 0.29) is 0 Å². The van der Waals surface area contributed by atoms with Gasteiger partial charge in [0, 0.05) is 12.1 Å². The van der Waals surface area contributed by atoms with Crippen LogP contribution in [0.4, 0.5) is 0 Å². The first-order valence-electron chi connectivity index (χ1n) is 4.93. The van der Waals surface area contributed by atoms with Gasteiger partial charge in [-0.05, 0) is 31.2 Å². The maximum atomic E-state index is 4.41. The first-order chi connectivity index (χ1) is 6.45. The lowest BCUT2D eigenvalue weighted by atomic mass is 9.88. The van der Waals surface area contributed by atoms with Gasteiger partial charge in [-0.15, -0.1) is 0 Å². The molecule has 1 aromatic heterocycles. The molecule has 1 heterocycles. The van der Waals surface area contributed by atoms with E-state index in [1.165, 1.54) is 30.5 Å². The van der Waals surface area contributed by atoms with Crippen molar-refractivity contribution < 1.29 is 0 Å². The van der Waals surface area contributed by atoms with E-state index >= 15 is 0 Å². The number of aromatic nitrogens is 2. The minimum Gasteiger partial charge on any atom is -0.245 e. The van der Waals surface area contributed by atoms with Crippen LogP contribution in [0.2, 0.25) is 0 Å². The fourth-order valence-electron chi connectivity index (χ4n) is 2.51. The highest BCUT2D eigenvalue weighted by Crippen LogP contribution is 2.42. The third-order valence-electron chi connectivity index (χ3n) is 3.14. The molecule has 0 bridgehead atoms. The molecule has 1 fully saturated rings. The van der Waals surface area contributed by atoms with Crippen LogP contribution in [0, 0.1) is 0 Å². The lowest BCUT2D eigenvalue weighted by Gasteiger charge is -2.19. The Bertz CT molecular complexity index is 368. The highest BCUT2D eigenvalue weighted by atomic mass is 14.8. The van der Waals surface area contributed by atoms with Gasteiger partial charge in [0.05, 0.1) is 5.69 Å². The zero-order valence-corrected chi connectivity index (χ0v) is 7.53. The van der Waals surface area contributed by atoms with E-state index < -0.39 is 0 Å². The molecule has 2 aliphatic rings. The lowest BCUT2D eigenvalue weighted by Crippen LogP contribution is -2.09. The molecule has 1 saturated carbocycles. The Kier molecular flexibility index (Phi) is 1.48. The Hall–Kier alpha value is -1.18. The molecule has 1 aromatic rings. The molecular weight excluding hydrogens is 160 g/mol. The van der Waals surface area contributed by atoms with Crippen molar-refractivity contribution in [2.75, 3.05) is 0 Å². The van der Waals surface area contributed by atoms with Crippen LogP contribution < -0.4 is 0 Å². The maximum absolute atomic E-state index is 4.41. The molecule has 0 aliphatic heterocycles. The van der Waals surface area contributed by atoms with Crippen molar-refractivity contribution in [2.45, 2.75) is 31.6 Å². The van der Waals surface area contributed by atoms with E-state index in [0.717, 1.165) is 6.42 Å². The molecule has 2 aliphatic carbocycles. The quantitative estimate of drug-likeness (QED) is 0.561. The number of hydrogen-bond donors (Lipinski definition) is 0. The van der Waals surface area contributed by atoms with Gasteiger partial charge >= 0.3 is 0 Å². The van der Waals surface area contributed by atoms with Crippen LogP contribution in [-0.4, -0.2) is 9.97 Å². The van der Waals surface area contributed by atoms with Crippen LogP contribution in [0.5, 0.6) is 0 Å². The van der Waals surface area contributed by atoms with Crippen molar-refractivity contribution in [3.63, 3.8) is 0 Å². The predicted molar refractivity (Wildman–Crippen MR) is 50.4 cm³/mol. The van der Waals surface area contributed by atoms with Gasteiger partial charge in [-0.25, -0.2) is 9.97 Å². The molecule has 0 N–H and O–H groups in total. The van der Waals surface area contributed by atoms with Gasteiger partial charge < -0.3 is 0 Å². The third-order valence-corrected chi connectivity index (χ3v) is 3.14. The Morgan fingerprint density at radius 1 is 1.38 bits per heavy atom. The minimum absolute atomic E-state index is 0.631. The van der Waals surface area contributed by atoms with Crippen molar-refractivity contribution >= 4 is 0 Å². The van der Waals surface area contributed by atoms with Crippen LogP contribution in [-0.2, 0) is 6.42 Å². The van der Waals surface area contributed by atoms with Gasteiger partial charge in [-0.2, -0.15) is 0 Å². The third kappa shape index (κ3) is 1.01. The van der Waals surface area contributed by atoms with E-state index in [9.17, 15) is 0 Å². The summed E-state index contributed by atoms with van der Waals surface area (Å²) in [5.74, 6) is 0.631. The summed E-state index contributed by atoms with van der Waals surface area (Å²) in [6.07, 6.45) is 11.0. The Morgan fingerprint density at radius 2 is 2.38 bits per heavy atom. The second-order valence-electron chi connectivity index (χ2n) is 3.86. The maximum Gasteiger partial charge on any atom is 0.115 e. The Morgan fingerprint density at radius 3 is 3.38 bits per heavy atom.